The molecule has 0 aromatic heterocycles. The summed E-state index contributed by atoms with van der Waals surface area (Å²) in [6.45, 7) is 1.66. The van der Waals surface area contributed by atoms with E-state index in [0.717, 1.165) is 0 Å². The van der Waals surface area contributed by atoms with E-state index in [4.69, 9.17) is 10.2 Å². The highest BCUT2D eigenvalue weighted by molar-refractivity contribution is 5.66. The van der Waals surface area contributed by atoms with E-state index in [2.05, 4.69) is 0 Å². The fourth-order valence-electron chi connectivity index (χ4n) is 1.67. The van der Waals surface area contributed by atoms with E-state index in [1.807, 2.05) is 6.08 Å². The lowest BCUT2D eigenvalue weighted by Gasteiger charge is -2.02. The molecule has 0 unspecified atom stereocenters. The molecule has 5 nitrogen and oxygen atoms in total. The molecule has 0 bridgehead atoms. The Labute approximate surface area is 143 Å². The van der Waals surface area contributed by atoms with Crippen LogP contribution in [0, 0.1) is 0 Å². The fraction of sp³-hybridized carbons (Fsp3) is 0.421. The van der Waals surface area contributed by atoms with Gasteiger partial charge in [-0.1, -0.05) is 60.8 Å². The zero-order valence-electron chi connectivity index (χ0n) is 14.0. The van der Waals surface area contributed by atoms with Gasteiger partial charge in [-0.05, 0) is 26.2 Å². The molecule has 0 saturated carbocycles. The second-order valence-corrected chi connectivity index (χ2v) is 5.36. The highest BCUT2D eigenvalue weighted by Crippen LogP contribution is 2.02. The SMILES string of the molecule is C[C@@H](O)/C=C/C=C\C[C@@H](O)/C=C/C=C/C=C\[C@@H](O)CCCC(=O)O. The first-order valence-electron chi connectivity index (χ1n) is 8.02. The van der Waals surface area contributed by atoms with Crippen LogP contribution < -0.4 is 0 Å². The van der Waals surface area contributed by atoms with Gasteiger partial charge in [0.15, 0.2) is 0 Å². The van der Waals surface area contributed by atoms with E-state index >= 15 is 0 Å². The Morgan fingerprint density at radius 3 is 2.04 bits per heavy atom. The number of aliphatic hydroxyl groups excluding tert-OH is 3. The fourth-order valence-corrected chi connectivity index (χ4v) is 1.67. The molecule has 0 aliphatic rings. The molecule has 0 saturated heterocycles. The van der Waals surface area contributed by atoms with Crippen molar-refractivity contribution >= 4 is 5.97 Å². The number of rotatable bonds is 12. The predicted molar refractivity (Wildman–Crippen MR) is 95.5 cm³/mol. The maximum Gasteiger partial charge on any atom is 0.303 e. The van der Waals surface area contributed by atoms with Crippen LogP contribution in [-0.4, -0.2) is 44.7 Å². The van der Waals surface area contributed by atoms with Gasteiger partial charge >= 0.3 is 5.97 Å². The van der Waals surface area contributed by atoms with Gasteiger partial charge in [-0.3, -0.25) is 4.79 Å². The molecule has 0 fully saturated rings. The summed E-state index contributed by atoms with van der Waals surface area (Å²) in [5.74, 6) is -0.858. The first-order chi connectivity index (χ1) is 11.4. The standard InChI is InChI=1S/C19H28O5/c1-16(20)10-5-4-8-13-17(21)11-6-2-3-7-12-18(22)14-9-15-19(23)24/h2-8,10-12,16-18,20-22H,9,13-15H2,1H3,(H,23,24)/b3-2+,8-4-,10-5+,11-6+,12-7-/t16-,17+,18-/m1/s1. The number of carbonyl (C=O) groups is 1. The number of aliphatic hydroxyl groups is 3. The Balaban J connectivity index is 3.93. The summed E-state index contributed by atoms with van der Waals surface area (Å²) in [6, 6.07) is 0. The van der Waals surface area contributed by atoms with Crippen LogP contribution in [0.1, 0.15) is 32.6 Å². The summed E-state index contributed by atoms with van der Waals surface area (Å²) in [5.41, 5.74) is 0. The molecule has 5 heteroatoms. The van der Waals surface area contributed by atoms with Gasteiger partial charge in [0.2, 0.25) is 0 Å². The lowest BCUT2D eigenvalue weighted by Crippen LogP contribution is -2.03. The van der Waals surface area contributed by atoms with Crippen molar-refractivity contribution in [3.05, 3.63) is 60.8 Å². The average Bonchev–Trinajstić information content (AvgIpc) is 2.49. The summed E-state index contributed by atoms with van der Waals surface area (Å²) in [4.78, 5) is 10.3. The van der Waals surface area contributed by atoms with Crippen LogP contribution in [0.15, 0.2) is 60.8 Å². The van der Waals surface area contributed by atoms with Crippen molar-refractivity contribution in [2.45, 2.75) is 50.9 Å². The topological polar surface area (TPSA) is 98.0 Å². The first kappa shape index (κ1) is 22.1. The summed E-state index contributed by atoms with van der Waals surface area (Å²) in [5, 5.41) is 36.8. The van der Waals surface area contributed by atoms with Gasteiger partial charge < -0.3 is 20.4 Å². The van der Waals surface area contributed by atoms with Crippen LogP contribution in [0.3, 0.4) is 0 Å². The Morgan fingerprint density at radius 2 is 1.46 bits per heavy atom. The number of allylic oxidation sites excluding steroid dienone is 6. The molecule has 0 aliphatic carbocycles. The molecule has 3 atom stereocenters. The normalized spacial score (nSPS) is 16.8. The average molecular weight is 336 g/mol. The number of hydrogen-bond donors (Lipinski definition) is 4. The Kier molecular flexibility index (Phi) is 13.4. The van der Waals surface area contributed by atoms with E-state index in [9.17, 15) is 15.0 Å². The molecule has 24 heavy (non-hydrogen) atoms. The van der Waals surface area contributed by atoms with Crippen molar-refractivity contribution in [1.82, 2.24) is 0 Å². The largest absolute Gasteiger partial charge is 0.481 e. The molecule has 4 N–H and O–H groups in total. The van der Waals surface area contributed by atoms with Gasteiger partial charge in [0.1, 0.15) is 0 Å². The zero-order chi connectivity index (χ0) is 18.2. The number of carboxylic acids is 1. The van der Waals surface area contributed by atoms with Gasteiger partial charge in [-0.15, -0.1) is 0 Å². The molecule has 0 heterocycles. The molecule has 0 aromatic carbocycles. The van der Waals surface area contributed by atoms with Gasteiger partial charge in [0.05, 0.1) is 18.3 Å². The second kappa shape index (κ2) is 14.6. The van der Waals surface area contributed by atoms with E-state index < -0.39 is 24.3 Å². The number of carboxylic acid groups (broad SMARTS) is 1. The smallest absolute Gasteiger partial charge is 0.303 e. The summed E-state index contributed by atoms with van der Waals surface area (Å²) >= 11 is 0. The third-order valence-electron chi connectivity index (χ3n) is 2.90. The third kappa shape index (κ3) is 16.4. The summed E-state index contributed by atoms with van der Waals surface area (Å²) in [7, 11) is 0. The van der Waals surface area contributed by atoms with Gasteiger partial charge in [-0.2, -0.15) is 0 Å². The lowest BCUT2D eigenvalue weighted by molar-refractivity contribution is -0.137. The van der Waals surface area contributed by atoms with Gasteiger partial charge in [-0.25, -0.2) is 0 Å². The van der Waals surface area contributed by atoms with Gasteiger partial charge in [0, 0.05) is 6.42 Å². The van der Waals surface area contributed by atoms with Crippen molar-refractivity contribution in [2.75, 3.05) is 0 Å². The van der Waals surface area contributed by atoms with Crippen molar-refractivity contribution in [1.29, 1.82) is 0 Å². The molecule has 0 spiro atoms. The van der Waals surface area contributed by atoms with Crippen molar-refractivity contribution in [3.8, 4) is 0 Å². The number of hydrogen-bond acceptors (Lipinski definition) is 4. The molecular formula is C19H28O5. The van der Waals surface area contributed by atoms with E-state index in [0.29, 0.717) is 19.3 Å². The molecule has 0 amide bonds. The summed E-state index contributed by atoms with van der Waals surface area (Å²) < 4.78 is 0. The molecule has 134 valence electrons. The minimum absolute atomic E-state index is 0.0601. The lowest BCUT2D eigenvalue weighted by atomic mass is 10.1. The molecule has 0 aromatic rings. The molecular weight excluding hydrogens is 308 g/mol. The van der Waals surface area contributed by atoms with Crippen LogP contribution in [-0.2, 0) is 4.79 Å². The summed E-state index contributed by atoms with van der Waals surface area (Å²) in [6.07, 6.45) is 16.7. The minimum atomic E-state index is -0.858. The van der Waals surface area contributed by atoms with E-state index in [1.165, 1.54) is 0 Å². The Morgan fingerprint density at radius 1 is 0.875 bits per heavy atom. The molecule has 0 aliphatic heterocycles. The Bertz CT molecular complexity index is 472. The quantitative estimate of drug-likeness (QED) is 0.411. The number of aliphatic carboxylic acids is 1. The Hall–Kier alpha value is -1.95. The third-order valence-corrected chi connectivity index (χ3v) is 2.90. The van der Waals surface area contributed by atoms with Crippen LogP contribution in [0.4, 0.5) is 0 Å². The first-order valence-corrected chi connectivity index (χ1v) is 8.02. The van der Waals surface area contributed by atoms with Crippen LogP contribution in [0.2, 0.25) is 0 Å². The van der Waals surface area contributed by atoms with Crippen molar-refractivity contribution < 1.29 is 25.2 Å². The van der Waals surface area contributed by atoms with Crippen molar-refractivity contribution in [2.24, 2.45) is 0 Å². The van der Waals surface area contributed by atoms with Crippen molar-refractivity contribution in [3.63, 3.8) is 0 Å². The molecule has 0 radical (unpaired) electrons. The maximum atomic E-state index is 10.3. The van der Waals surface area contributed by atoms with Crippen LogP contribution >= 0.6 is 0 Å². The van der Waals surface area contributed by atoms with Crippen LogP contribution in [0.5, 0.6) is 0 Å². The van der Waals surface area contributed by atoms with Crippen LogP contribution in [0.25, 0.3) is 0 Å². The maximum absolute atomic E-state index is 10.3. The second-order valence-electron chi connectivity index (χ2n) is 5.36. The monoisotopic (exact) mass is 336 g/mol. The molecule has 0 rings (SSSR count). The predicted octanol–water partition coefficient (Wildman–Crippen LogP) is 2.51. The highest BCUT2D eigenvalue weighted by Gasteiger charge is 2.01. The van der Waals surface area contributed by atoms with Gasteiger partial charge in [0.25, 0.3) is 0 Å². The minimum Gasteiger partial charge on any atom is -0.481 e. The van der Waals surface area contributed by atoms with E-state index in [1.54, 1.807) is 61.6 Å². The highest BCUT2D eigenvalue weighted by atomic mass is 16.4. The van der Waals surface area contributed by atoms with E-state index in [-0.39, 0.29) is 6.42 Å². The zero-order valence-corrected chi connectivity index (χ0v) is 14.0.